The van der Waals surface area contributed by atoms with Crippen LogP contribution in [0.4, 0.5) is 4.39 Å². The molecule has 15 heavy (non-hydrogen) atoms. The van der Waals surface area contributed by atoms with Crippen LogP contribution in [0.2, 0.25) is 0 Å². The van der Waals surface area contributed by atoms with Crippen LogP contribution >= 0.6 is 0 Å². The zero-order chi connectivity index (χ0) is 11.1. The number of hydrogen-bond donors (Lipinski definition) is 0. The van der Waals surface area contributed by atoms with Gasteiger partial charge in [-0.15, -0.1) is 0 Å². The molecule has 1 rings (SSSR count). The minimum absolute atomic E-state index is 0.297. The minimum atomic E-state index is -0.442. The SMILES string of the molecule is COC(=O)c1cc(CCCCF)ccn1. The summed E-state index contributed by atoms with van der Waals surface area (Å²) in [6.45, 7) is -0.297. The number of carbonyl (C=O) groups is 1. The second-order valence-corrected chi connectivity index (χ2v) is 3.19. The van der Waals surface area contributed by atoms with E-state index in [1.54, 1.807) is 12.3 Å². The second-order valence-electron chi connectivity index (χ2n) is 3.19. The number of hydrogen-bond acceptors (Lipinski definition) is 3. The Hall–Kier alpha value is -1.45. The highest BCUT2D eigenvalue weighted by molar-refractivity contribution is 5.87. The summed E-state index contributed by atoms with van der Waals surface area (Å²) >= 11 is 0. The van der Waals surface area contributed by atoms with E-state index in [2.05, 4.69) is 9.72 Å². The molecule has 0 fully saturated rings. The normalized spacial score (nSPS) is 10.0. The molecule has 0 aromatic carbocycles. The van der Waals surface area contributed by atoms with Crippen molar-refractivity contribution in [3.63, 3.8) is 0 Å². The zero-order valence-corrected chi connectivity index (χ0v) is 8.70. The van der Waals surface area contributed by atoms with Crippen LogP contribution in [-0.2, 0) is 11.2 Å². The van der Waals surface area contributed by atoms with Gasteiger partial charge in [0.25, 0.3) is 0 Å². The van der Waals surface area contributed by atoms with Crippen LogP contribution in [0.5, 0.6) is 0 Å². The molecule has 0 aliphatic rings. The minimum Gasteiger partial charge on any atom is -0.464 e. The Balaban J connectivity index is 2.62. The van der Waals surface area contributed by atoms with Crippen molar-refractivity contribution in [2.45, 2.75) is 19.3 Å². The van der Waals surface area contributed by atoms with Crippen molar-refractivity contribution in [3.8, 4) is 0 Å². The third-order valence-electron chi connectivity index (χ3n) is 2.07. The molecule has 0 saturated carbocycles. The Bertz CT molecular complexity index is 328. The van der Waals surface area contributed by atoms with Crippen LogP contribution in [0, 0.1) is 0 Å². The fraction of sp³-hybridized carbons (Fsp3) is 0.455. The van der Waals surface area contributed by atoms with Gasteiger partial charge in [0.05, 0.1) is 13.8 Å². The predicted molar refractivity (Wildman–Crippen MR) is 54.5 cm³/mol. The maximum atomic E-state index is 11.9. The number of ether oxygens (including phenoxy) is 1. The van der Waals surface area contributed by atoms with Crippen LogP contribution in [0.1, 0.15) is 28.9 Å². The van der Waals surface area contributed by atoms with Gasteiger partial charge in [-0.1, -0.05) is 0 Å². The highest BCUT2D eigenvalue weighted by Crippen LogP contribution is 2.07. The fourth-order valence-corrected chi connectivity index (χ4v) is 1.27. The number of pyridine rings is 1. The molecule has 82 valence electrons. The van der Waals surface area contributed by atoms with Crippen LogP contribution < -0.4 is 0 Å². The molecule has 0 radical (unpaired) electrons. The number of nitrogens with zero attached hydrogens (tertiary/aromatic N) is 1. The lowest BCUT2D eigenvalue weighted by Crippen LogP contribution is -2.04. The maximum absolute atomic E-state index is 11.9. The van der Waals surface area contributed by atoms with E-state index >= 15 is 0 Å². The summed E-state index contributed by atoms with van der Waals surface area (Å²) in [7, 11) is 1.32. The molecule has 3 nitrogen and oxygen atoms in total. The van der Waals surface area contributed by atoms with E-state index < -0.39 is 5.97 Å². The Morgan fingerprint density at radius 2 is 2.33 bits per heavy atom. The van der Waals surface area contributed by atoms with Crippen molar-refractivity contribution < 1.29 is 13.9 Å². The number of methoxy groups -OCH3 is 1. The standard InChI is InChI=1S/C11H14FNO2/c1-15-11(14)10-8-9(5-7-13-10)4-2-3-6-12/h5,7-8H,2-4,6H2,1H3. The van der Waals surface area contributed by atoms with Gasteiger partial charge in [-0.25, -0.2) is 9.78 Å². The molecule has 0 unspecified atom stereocenters. The number of rotatable bonds is 5. The van der Waals surface area contributed by atoms with Crippen LogP contribution in [0.25, 0.3) is 0 Å². The molecule has 0 bridgehead atoms. The van der Waals surface area contributed by atoms with E-state index in [0.717, 1.165) is 18.4 Å². The van der Waals surface area contributed by atoms with Gasteiger partial charge in [-0.05, 0) is 37.0 Å². The largest absolute Gasteiger partial charge is 0.464 e. The van der Waals surface area contributed by atoms with Crippen molar-refractivity contribution >= 4 is 5.97 Å². The number of esters is 1. The van der Waals surface area contributed by atoms with Gasteiger partial charge in [0, 0.05) is 6.20 Å². The molecule has 1 aromatic heterocycles. The van der Waals surface area contributed by atoms with E-state index in [4.69, 9.17) is 0 Å². The molecule has 4 heteroatoms. The average Bonchev–Trinajstić information content (AvgIpc) is 2.29. The van der Waals surface area contributed by atoms with Gasteiger partial charge >= 0.3 is 5.97 Å². The zero-order valence-electron chi connectivity index (χ0n) is 8.70. The van der Waals surface area contributed by atoms with Crippen LogP contribution in [0.3, 0.4) is 0 Å². The van der Waals surface area contributed by atoms with Crippen molar-refractivity contribution in [1.82, 2.24) is 4.98 Å². The van der Waals surface area contributed by atoms with E-state index in [-0.39, 0.29) is 6.67 Å². The van der Waals surface area contributed by atoms with Gasteiger partial charge < -0.3 is 4.74 Å². The first-order chi connectivity index (χ1) is 7.27. The summed E-state index contributed by atoms with van der Waals surface area (Å²) in [4.78, 5) is 15.0. The monoisotopic (exact) mass is 211 g/mol. The summed E-state index contributed by atoms with van der Waals surface area (Å²) in [6.07, 6.45) is 3.66. The van der Waals surface area contributed by atoms with Gasteiger partial charge in [-0.3, -0.25) is 4.39 Å². The van der Waals surface area contributed by atoms with Crippen LogP contribution in [0.15, 0.2) is 18.3 Å². The molecular formula is C11H14FNO2. The predicted octanol–water partition coefficient (Wildman–Crippen LogP) is 2.16. The lowest BCUT2D eigenvalue weighted by atomic mass is 10.1. The van der Waals surface area contributed by atoms with Gasteiger partial charge in [0.15, 0.2) is 0 Å². The molecular weight excluding hydrogens is 197 g/mol. The highest BCUT2D eigenvalue weighted by Gasteiger charge is 2.06. The molecule has 0 spiro atoms. The summed E-state index contributed by atoms with van der Waals surface area (Å²) < 4.78 is 16.4. The Morgan fingerprint density at radius 3 is 3.00 bits per heavy atom. The number of aryl methyl sites for hydroxylation is 1. The summed E-state index contributed by atoms with van der Waals surface area (Å²) in [5.41, 5.74) is 1.29. The number of unbranched alkanes of at least 4 members (excludes halogenated alkanes) is 1. The van der Waals surface area contributed by atoms with E-state index in [1.165, 1.54) is 7.11 Å². The Kier molecular flexibility index (Phi) is 4.74. The summed E-state index contributed by atoms with van der Waals surface area (Å²) in [6, 6.07) is 3.51. The maximum Gasteiger partial charge on any atom is 0.356 e. The summed E-state index contributed by atoms with van der Waals surface area (Å²) in [5, 5.41) is 0. The third kappa shape index (κ3) is 3.65. The molecule has 0 aliphatic heterocycles. The molecule has 0 atom stereocenters. The number of halogens is 1. The van der Waals surface area contributed by atoms with Crippen molar-refractivity contribution in [2.75, 3.05) is 13.8 Å². The van der Waals surface area contributed by atoms with Crippen molar-refractivity contribution in [1.29, 1.82) is 0 Å². The number of alkyl halides is 1. The first kappa shape index (κ1) is 11.6. The van der Waals surface area contributed by atoms with E-state index in [0.29, 0.717) is 12.1 Å². The van der Waals surface area contributed by atoms with Crippen molar-refractivity contribution in [2.24, 2.45) is 0 Å². The molecule has 1 heterocycles. The highest BCUT2D eigenvalue weighted by atomic mass is 19.1. The second kappa shape index (κ2) is 6.11. The first-order valence-electron chi connectivity index (χ1n) is 4.87. The molecule has 1 aromatic rings. The molecule has 0 N–H and O–H groups in total. The van der Waals surface area contributed by atoms with Crippen LogP contribution in [-0.4, -0.2) is 24.7 Å². The van der Waals surface area contributed by atoms with Crippen molar-refractivity contribution in [3.05, 3.63) is 29.6 Å². The van der Waals surface area contributed by atoms with Gasteiger partial charge in [-0.2, -0.15) is 0 Å². The molecule has 0 amide bonds. The lowest BCUT2D eigenvalue weighted by molar-refractivity contribution is 0.0594. The van der Waals surface area contributed by atoms with Gasteiger partial charge in [0.2, 0.25) is 0 Å². The van der Waals surface area contributed by atoms with E-state index in [9.17, 15) is 9.18 Å². The lowest BCUT2D eigenvalue weighted by Gasteiger charge is -2.02. The topological polar surface area (TPSA) is 39.2 Å². The third-order valence-corrected chi connectivity index (χ3v) is 2.07. The molecule has 0 aliphatic carbocycles. The smallest absolute Gasteiger partial charge is 0.356 e. The van der Waals surface area contributed by atoms with Gasteiger partial charge in [0.1, 0.15) is 5.69 Å². The Morgan fingerprint density at radius 1 is 1.53 bits per heavy atom. The quantitative estimate of drug-likeness (QED) is 0.553. The fourth-order valence-electron chi connectivity index (χ4n) is 1.27. The summed E-state index contributed by atoms with van der Waals surface area (Å²) in [5.74, 6) is -0.442. The Labute approximate surface area is 88.3 Å². The average molecular weight is 211 g/mol. The first-order valence-corrected chi connectivity index (χ1v) is 4.87. The van der Waals surface area contributed by atoms with E-state index in [1.807, 2.05) is 6.07 Å². The number of carbonyl (C=O) groups excluding carboxylic acids is 1. The number of aromatic nitrogens is 1. The molecule has 0 saturated heterocycles.